The predicted octanol–water partition coefficient (Wildman–Crippen LogP) is 0.755. The van der Waals surface area contributed by atoms with Crippen LogP contribution in [0.4, 0.5) is 5.69 Å². The van der Waals surface area contributed by atoms with Gasteiger partial charge in [-0.15, -0.1) is 0 Å². The van der Waals surface area contributed by atoms with Gasteiger partial charge in [-0.1, -0.05) is 17.7 Å². The average Bonchev–Trinajstić information content (AvgIpc) is 2.88. The Balaban J connectivity index is 1.69. The van der Waals surface area contributed by atoms with Crippen molar-refractivity contribution in [3.05, 3.63) is 70.0 Å². The zero-order valence-corrected chi connectivity index (χ0v) is 23.2. The lowest BCUT2D eigenvalue weighted by Gasteiger charge is -2.49. The van der Waals surface area contributed by atoms with E-state index in [4.69, 9.17) is 5.73 Å². The summed E-state index contributed by atoms with van der Waals surface area (Å²) in [7, 11) is -0.939. The Bertz CT molecular complexity index is 1690. The summed E-state index contributed by atoms with van der Waals surface area (Å²) in [5.41, 5.74) is 2.78. The minimum absolute atomic E-state index is 0.0278. The van der Waals surface area contributed by atoms with Gasteiger partial charge < -0.3 is 31.1 Å². The van der Waals surface area contributed by atoms with Crippen LogP contribution in [0.2, 0.25) is 0 Å². The summed E-state index contributed by atoms with van der Waals surface area (Å²) in [6.07, 6.45) is -0.180. The Morgan fingerprint density at radius 1 is 1.07 bits per heavy atom. The van der Waals surface area contributed by atoms with Crippen LogP contribution < -0.4 is 15.4 Å². The number of hydrogen-bond acceptors (Lipinski definition) is 10. The van der Waals surface area contributed by atoms with Gasteiger partial charge in [-0.25, -0.2) is 8.42 Å². The first-order chi connectivity index (χ1) is 19.1. The van der Waals surface area contributed by atoms with Gasteiger partial charge in [0.1, 0.15) is 22.8 Å². The topological polar surface area (TPSA) is 208 Å². The Hall–Kier alpha value is -4.20. The molecule has 1 amide bonds. The molecular formula is C28H29N3O9S. The largest absolute Gasteiger partial charge is 0.508 e. The maximum atomic E-state index is 14.0. The number of amides is 1. The molecule has 3 aliphatic carbocycles. The van der Waals surface area contributed by atoms with Gasteiger partial charge in [-0.05, 0) is 55.5 Å². The number of aliphatic hydroxyl groups is 3. The molecule has 2 aromatic carbocycles. The lowest BCUT2D eigenvalue weighted by atomic mass is 9.58. The van der Waals surface area contributed by atoms with E-state index in [0.29, 0.717) is 11.3 Å². The summed E-state index contributed by atoms with van der Waals surface area (Å²) < 4.78 is 28.9. The predicted molar refractivity (Wildman–Crippen MR) is 146 cm³/mol. The first-order valence-electron chi connectivity index (χ1n) is 12.7. The molecule has 0 radical (unpaired) electrons. The standard InChI is InChI=1S/C28H29N3O9S/c1-12-4-6-14(7-5-12)41(39,40)30-22-16-11-13-10-15-17(31(2)3)8-9-18(32)20(15)23(33)19(13)25(35)28(16,38)26(36)21(24(22)34)27(29)37/h4-9,13,16,22,30,32-33,36,38H,10-11H2,1-3H3,(H2,29,37)/t13-,16-,22?,28-/m0/s1. The maximum Gasteiger partial charge on any atom is 0.255 e. The van der Waals surface area contributed by atoms with Gasteiger partial charge in [0.05, 0.1) is 16.5 Å². The molecule has 1 unspecified atom stereocenters. The fourth-order valence-electron chi connectivity index (χ4n) is 6.17. The number of carbonyl (C=O) groups excluding carboxylic acids is 3. The summed E-state index contributed by atoms with van der Waals surface area (Å²) in [5.74, 6) is -8.60. The van der Waals surface area contributed by atoms with Gasteiger partial charge >= 0.3 is 0 Å². The Labute approximate surface area is 235 Å². The van der Waals surface area contributed by atoms with Crippen molar-refractivity contribution >= 4 is 38.9 Å². The molecule has 0 aliphatic heterocycles. The van der Waals surface area contributed by atoms with Gasteiger partial charge in [-0.2, -0.15) is 4.72 Å². The number of phenolic OH excluding ortho intramolecular Hbond substituents is 1. The number of sulfonamides is 1. The number of ketones is 2. The van der Waals surface area contributed by atoms with Gasteiger partial charge in [0.15, 0.2) is 11.4 Å². The van der Waals surface area contributed by atoms with Gasteiger partial charge in [0, 0.05) is 31.3 Å². The van der Waals surface area contributed by atoms with Crippen molar-refractivity contribution in [1.82, 2.24) is 4.72 Å². The second-order valence-electron chi connectivity index (χ2n) is 10.8. The van der Waals surface area contributed by atoms with Crippen molar-refractivity contribution in [2.24, 2.45) is 17.6 Å². The van der Waals surface area contributed by atoms with E-state index < -0.39 is 68.1 Å². The minimum Gasteiger partial charge on any atom is -0.508 e. The number of hydrogen-bond donors (Lipinski definition) is 6. The van der Waals surface area contributed by atoms with Crippen LogP contribution in [0, 0.1) is 18.8 Å². The third-order valence-corrected chi connectivity index (χ3v) is 9.61. The summed E-state index contributed by atoms with van der Waals surface area (Å²) >= 11 is 0. The summed E-state index contributed by atoms with van der Waals surface area (Å²) in [6, 6.07) is 6.79. The first-order valence-corrected chi connectivity index (χ1v) is 14.2. The maximum absolute atomic E-state index is 14.0. The van der Waals surface area contributed by atoms with Crippen LogP contribution >= 0.6 is 0 Å². The molecular weight excluding hydrogens is 554 g/mol. The van der Waals surface area contributed by atoms with Crippen molar-refractivity contribution in [1.29, 1.82) is 0 Å². The quantitative estimate of drug-likeness (QED) is 0.272. The molecule has 2 aromatic rings. The van der Waals surface area contributed by atoms with Crippen molar-refractivity contribution in [3.63, 3.8) is 0 Å². The number of aryl methyl sites for hydroxylation is 1. The number of primary amides is 1. The lowest BCUT2D eigenvalue weighted by Crippen LogP contribution is -2.66. The number of nitrogens with zero attached hydrogens (tertiary/aromatic N) is 1. The Morgan fingerprint density at radius 3 is 2.29 bits per heavy atom. The number of carbonyl (C=O) groups is 3. The molecule has 12 nitrogen and oxygen atoms in total. The molecule has 0 bridgehead atoms. The monoisotopic (exact) mass is 583 g/mol. The van der Waals surface area contributed by atoms with E-state index in [9.17, 15) is 43.2 Å². The zero-order valence-electron chi connectivity index (χ0n) is 22.4. The third kappa shape index (κ3) is 4.11. The molecule has 0 saturated heterocycles. The zero-order chi connectivity index (χ0) is 30.2. The van der Waals surface area contributed by atoms with Crippen molar-refractivity contribution in [2.75, 3.05) is 19.0 Å². The second-order valence-corrected chi connectivity index (χ2v) is 12.5. The molecule has 0 spiro atoms. The molecule has 0 heterocycles. The Kier molecular flexibility index (Phi) is 6.52. The number of fused-ring (bicyclic) bond motifs is 3. The molecule has 0 aromatic heterocycles. The van der Waals surface area contributed by atoms with Crippen LogP contribution in [0.5, 0.6) is 5.75 Å². The van der Waals surface area contributed by atoms with Gasteiger partial charge in [-0.3, -0.25) is 14.4 Å². The molecule has 3 aliphatic rings. The van der Waals surface area contributed by atoms with Crippen LogP contribution in [0.25, 0.3) is 5.76 Å². The molecule has 41 heavy (non-hydrogen) atoms. The number of aromatic hydroxyl groups is 1. The highest BCUT2D eigenvalue weighted by atomic mass is 32.2. The van der Waals surface area contributed by atoms with E-state index in [1.807, 2.05) is 0 Å². The highest BCUT2D eigenvalue weighted by Gasteiger charge is 2.64. The molecule has 216 valence electrons. The number of Topliss-reactive ketones (excluding diaryl/α,β-unsaturated/α-hetero) is 2. The number of phenols is 1. The van der Waals surface area contributed by atoms with E-state index >= 15 is 0 Å². The summed E-state index contributed by atoms with van der Waals surface area (Å²) in [6.45, 7) is 1.75. The number of nitrogens with two attached hydrogens (primary N) is 1. The van der Waals surface area contributed by atoms with E-state index in [1.165, 1.54) is 30.3 Å². The van der Waals surface area contributed by atoms with E-state index in [-0.39, 0.29) is 34.6 Å². The molecule has 4 atom stereocenters. The number of nitrogens with one attached hydrogen (secondary N) is 1. The van der Waals surface area contributed by atoms with Crippen molar-refractivity contribution < 1.29 is 43.2 Å². The van der Waals surface area contributed by atoms with Crippen LogP contribution in [-0.4, -0.2) is 72.1 Å². The van der Waals surface area contributed by atoms with Crippen LogP contribution in [0.3, 0.4) is 0 Å². The highest BCUT2D eigenvalue weighted by Crippen LogP contribution is 2.53. The number of rotatable bonds is 5. The fourth-order valence-corrected chi connectivity index (χ4v) is 7.40. The van der Waals surface area contributed by atoms with Gasteiger partial charge in [0.2, 0.25) is 15.8 Å². The lowest BCUT2D eigenvalue weighted by molar-refractivity contribution is -0.149. The number of anilines is 1. The van der Waals surface area contributed by atoms with E-state index in [1.54, 1.807) is 32.0 Å². The normalized spacial score (nSPS) is 25.9. The number of aliphatic hydroxyl groups excluding tert-OH is 2. The molecule has 5 rings (SSSR count). The van der Waals surface area contributed by atoms with Crippen LogP contribution in [0.15, 0.2) is 58.2 Å². The van der Waals surface area contributed by atoms with Crippen LogP contribution in [-0.2, 0) is 30.8 Å². The van der Waals surface area contributed by atoms with E-state index in [0.717, 1.165) is 5.56 Å². The minimum atomic E-state index is -4.43. The fraction of sp³-hybridized carbons (Fsp3) is 0.321. The molecule has 13 heteroatoms. The van der Waals surface area contributed by atoms with Crippen molar-refractivity contribution in [3.8, 4) is 5.75 Å². The number of benzene rings is 2. The van der Waals surface area contributed by atoms with Gasteiger partial charge in [0.25, 0.3) is 5.91 Å². The summed E-state index contributed by atoms with van der Waals surface area (Å²) in [4.78, 5) is 41.3. The SMILES string of the molecule is Cc1ccc(S(=O)(=O)NC2C(=O)C(C(N)=O)=C(O)[C@@]3(O)C(=O)C4=C(O)c5c(O)ccc(N(C)C)c5C[C@H]4C[C@@H]23)cc1. The van der Waals surface area contributed by atoms with Crippen molar-refractivity contribution in [2.45, 2.75) is 36.3 Å². The smallest absolute Gasteiger partial charge is 0.255 e. The second kappa shape index (κ2) is 9.43. The summed E-state index contributed by atoms with van der Waals surface area (Å²) in [5, 5.41) is 44.6. The average molecular weight is 584 g/mol. The molecule has 1 saturated carbocycles. The Morgan fingerprint density at radius 2 is 1.71 bits per heavy atom. The first kappa shape index (κ1) is 28.3. The van der Waals surface area contributed by atoms with Crippen LogP contribution in [0.1, 0.15) is 23.1 Å². The highest BCUT2D eigenvalue weighted by molar-refractivity contribution is 7.89. The third-order valence-electron chi connectivity index (χ3n) is 8.15. The molecule has 7 N–H and O–H groups in total. The molecule has 1 fully saturated rings. The van der Waals surface area contributed by atoms with E-state index in [2.05, 4.69) is 4.72 Å².